The van der Waals surface area contributed by atoms with Crippen molar-refractivity contribution in [2.75, 3.05) is 0 Å². The van der Waals surface area contributed by atoms with E-state index >= 15 is 0 Å². The fraction of sp³-hybridized carbons (Fsp3) is 0.900. The van der Waals surface area contributed by atoms with E-state index in [9.17, 15) is 4.79 Å². The molecule has 0 rings (SSSR count). The molecule has 0 heterocycles. The minimum Gasteiger partial charge on any atom is -0.481 e. The monoisotopic (exact) mass is 250 g/mol. The number of aliphatic carboxylic acids is 1. The molecular weight excluding hydrogens is 232 g/mol. The molecule has 0 aliphatic carbocycles. The Bertz CT molecular complexity index is 146. The first-order chi connectivity index (χ1) is 6.02. The van der Waals surface area contributed by atoms with Crippen molar-refractivity contribution in [2.45, 2.75) is 50.8 Å². The molecule has 2 nitrogen and oxygen atoms in total. The molecule has 0 saturated heterocycles. The third kappa shape index (κ3) is 9.87. The summed E-state index contributed by atoms with van der Waals surface area (Å²) >= 11 is 3.36. The van der Waals surface area contributed by atoms with Gasteiger partial charge in [0.2, 0.25) is 0 Å². The van der Waals surface area contributed by atoms with Gasteiger partial charge in [-0.25, -0.2) is 0 Å². The predicted molar refractivity (Wildman–Crippen MR) is 58.3 cm³/mol. The summed E-state index contributed by atoms with van der Waals surface area (Å²) in [5.41, 5.74) is 0. The number of rotatable bonds is 7. The molecular formula is C10H19BrO2. The molecule has 0 spiro atoms. The highest BCUT2D eigenvalue weighted by atomic mass is 79.9. The Morgan fingerprint density at radius 2 is 1.85 bits per heavy atom. The number of carboxylic acids is 1. The Kier molecular flexibility index (Phi) is 7.33. The lowest BCUT2D eigenvalue weighted by molar-refractivity contribution is -0.136. The first-order valence-corrected chi connectivity index (χ1v) is 5.79. The Labute approximate surface area is 88.8 Å². The summed E-state index contributed by atoms with van der Waals surface area (Å²) in [4.78, 5) is 10.5. The van der Waals surface area contributed by atoms with Crippen LogP contribution in [-0.2, 0) is 4.79 Å². The highest BCUT2D eigenvalue weighted by molar-refractivity contribution is 9.09. The van der Waals surface area contributed by atoms with Gasteiger partial charge in [0.05, 0.1) is 6.42 Å². The summed E-state index contributed by atoms with van der Waals surface area (Å²) in [6, 6.07) is 0. The Morgan fingerprint density at radius 1 is 1.31 bits per heavy atom. The van der Waals surface area contributed by atoms with Crippen molar-refractivity contribution in [1.29, 1.82) is 0 Å². The predicted octanol–water partition coefficient (Wildman–Crippen LogP) is 3.44. The van der Waals surface area contributed by atoms with Crippen molar-refractivity contribution in [2.24, 2.45) is 5.92 Å². The Balaban J connectivity index is 3.26. The lowest BCUT2D eigenvalue weighted by Crippen LogP contribution is -2.06. The van der Waals surface area contributed by atoms with Crippen LogP contribution in [0.1, 0.15) is 46.0 Å². The van der Waals surface area contributed by atoms with Crippen LogP contribution in [0.5, 0.6) is 0 Å². The highest BCUT2D eigenvalue weighted by Gasteiger charge is 2.08. The minimum atomic E-state index is -0.717. The zero-order valence-electron chi connectivity index (χ0n) is 8.42. The molecule has 0 aromatic rings. The zero-order chi connectivity index (χ0) is 10.3. The zero-order valence-corrected chi connectivity index (χ0v) is 10.0. The van der Waals surface area contributed by atoms with E-state index in [0.717, 1.165) is 18.8 Å². The summed E-state index contributed by atoms with van der Waals surface area (Å²) in [7, 11) is 0. The molecule has 0 radical (unpaired) electrons. The van der Waals surface area contributed by atoms with Gasteiger partial charge in [0.25, 0.3) is 0 Å². The molecule has 0 amide bonds. The summed E-state index contributed by atoms with van der Waals surface area (Å²) in [6.07, 6.45) is 4.79. The molecule has 0 bridgehead atoms. The maximum Gasteiger partial charge on any atom is 0.304 e. The molecule has 0 aliphatic heterocycles. The molecule has 1 unspecified atom stereocenters. The number of carboxylic acid groups (broad SMARTS) is 1. The van der Waals surface area contributed by atoms with Gasteiger partial charge in [-0.1, -0.05) is 49.0 Å². The first-order valence-electron chi connectivity index (χ1n) is 4.88. The lowest BCUT2D eigenvalue weighted by Gasteiger charge is -2.07. The summed E-state index contributed by atoms with van der Waals surface area (Å²) in [6.45, 7) is 4.42. The van der Waals surface area contributed by atoms with Crippen LogP contribution < -0.4 is 0 Å². The number of hydrogen-bond acceptors (Lipinski definition) is 1. The highest BCUT2D eigenvalue weighted by Crippen LogP contribution is 2.16. The molecule has 0 fully saturated rings. The van der Waals surface area contributed by atoms with Gasteiger partial charge in [0, 0.05) is 4.83 Å². The quantitative estimate of drug-likeness (QED) is 0.556. The molecule has 1 atom stereocenters. The number of carbonyl (C=O) groups is 1. The van der Waals surface area contributed by atoms with E-state index in [-0.39, 0.29) is 11.2 Å². The molecule has 13 heavy (non-hydrogen) atoms. The van der Waals surface area contributed by atoms with Crippen molar-refractivity contribution < 1.29 is 9.90 Å². The molecule has 0 aromatic heterocycles. The first kappa shape index (κ1) is 12.9. The van der Waals surface area contributed by atoms with Gasteiger partial charge in [-0.15, -0.1) is 0 Å². The van der Waals surface area contributed by atoms with Gasteiger partial charge in [-0.05, 0) is 12.3 Å². The van der Waals surface area contributed by atoms with Crippen LogP contribution in [0.3, 0.4) is 0 Å². The van der Waals surface area contributed by atoms with Gasteiger partial charge in [-0.2, -0.15) is 0 Å². The normalized spacial score (nSPS) is 13.2. The van der Waals surface area contributed by atoms with Crippen LogP contribution in [0.25, 0.3) is 0 Å². The van der Waals surface area contributed by atoms with E-state index in [0.29, 0.717) is 0 Å². The van der Waals surface area contributed by atoms with Crippen molar-refractivity contribution in [3.8, 4) is 0 Å². The largest absolute Gasteiger partial charge is 0.481 e. The molecule has 0 saturated carbocycles. The van der Waals surface area contributed by atoms with E-state index in [1.807, 2.05) is 0 Å². The summed E-state index contributed by atoms with van der Waals surface area (Å²) in [5.74, 6) is 0.0407. The second-order valence-electron chi connectivity index (χ2n) is 3.87. The second kappa shape index (κ2) is 7.36. The van der Waals surface area contributed by atoms with Gasteiger partial charge in [-0.3, -0.25) is 4.79 Å². The fourth-order valence-corrected chi connectivity index (χ4v) is 1.81. The van der Waals surface area contributed by atoms with Crippen molar-refractivity contribution in [1.82, 2.24) is 0 Å². The van der Waals surface area contributed by atoms with E-state index in [1.54, 1.807) is 0 Å². The van der Waals surface area contributed by atoms with Gasteiger partial charge in [0.1, 0.15) is 0 Å². The Hall–Kier alpha value is -0.0500. The van der Waals surface area contributed by atoms with Crippen LogP contribution in [0.15, 0.2) is 0 Å². The average Bonchev–Trinajstić information content (AvgIpc) is 1.96. The number of alkyl halides is 1. The molecule has 0 aliphatic rings. The third-order valence-electron chi connectivity index (χ3n) is 1.94. The Morgan fingerprint density at radius 3 is 2.31 bits per heavy atom. The number of unbranched alkanes of at least 4 members (excludes halogenated alkanes) is 1. The van der Waals surface area contributed by atoms with Gasteiger partial charge in [0.15, 0.2) is 0 Å². The van der Waals surface area contributed by atoms with Crippen molar-refractivity contribution in [3.05, 3.63) is 0 Å². The van der Waals surface area contributed by atoms with Crippen LogP contribution in [0.2, 0.25) is 0 Å². The van der Waals surface area contributed by atoms with Crippen LogP contribution >= 0.6 is 15.9 Å². The van der Waals surface area contributed by atoms with Crippen LogP contribution in [-0.4, -0.2) is 15.9 Å². The topological polar surface area (TPSA) is 37.3 Å². The maximum absolute atomic E-state index is 10.3. The lowest BCUT2D eigenvalue weighted by atomic mass is 10.0. The van der Waals surface area contributed by atoms with Gasteiger partial charge >= 0.3 is 5.97 Å². The molecule has 1 N–H and O–H groups in total. The maximum atomic E-state index is 10.3. The smallest absolute Gasteiger partial charge is 0.304 e. The van der Waals surface area contributed by atoms with Crippen LogP contribution in [0, 0.1) is 5.92 Å². The van der Waals surface area contributed by atoms with Crippen molar-refractivity contribution >= 4 is 21.9 Å². The molecule has 0 aromatic carbocycles. The number of halogens is 1. The standard InChI is InChI=1S/C10H19BrO2/c1-8(2)5-3-4-6-9(11)7-10(12)13/h8-9H,3-7H2,1-2H3,(H,12,13). The van der Waals surface area contributed by atoms with E-state index in [4.69, 9.17) is 5.11 Å². The summed E-state index contributed by atoms with van der Waals surface area (Å²) in [5, 5.41) is 8.50. The van der Waals surface area contributed by atoms with Gasteiger partial charge < -0.3 is 5.11 Å². The van der Waals surface area contributed by atoms with Crippen molar-refractivity contribution in [3.63, 3.8) is 0 Å². The third-order valence-corrected chi connectivity index (χ3v) is 2.73. The molecule has 78 valence electrons. The number of hydrogen-bond donors (Lipinski definition) is 1. The average molecular weight is 251 g/mol. The van der Waals surface area contributed by atoms with Crippen LogP contribution in [0.4, 0.5) is 0 Å². The molecule has 3 heteroatoms. The van der Waals surface area contributed by atoms with E-state index in [1.165, 1.54) is 12.8 Å². The minimum absolute atomic E-state index is 0.150. The summed E-state index contributed by atoms with van der Waals surface area (Å²) < 4.78 is 0. The second-order valence-corrected chi connectivity index (χ2v) is 5.17. The van der Waals surface area contributed by atoms with E-state index < -0.39 is 5.97 Å². The fourth-order valence-electron chi connectivity index (χ4n) is 1.21. The SMILES string of the molecule is CC(C)CCCCC(Br)CC(=O)O. The van der Waals surface area contributed by atoms with E-state index in [2.05, 4.69) is 29.8 Å².